The molecule has 0 radical (unpaired) electrons. The fraction of sp³-hybridized carbons (Fsp3) is 0.556. The van der Waals surface area contributed by atoms with E-state index in [1.54, 1.807) is 12.1 Å². The molecule has 1 saturated heterocycles. The van der Waals surface area contributed by atoms with E-state index in [2.05, 4.69) is 6.92 Å². The molecule has 0 saturated carbocycles. The van der Waals surface area contributed by atoms with Crippen LogP contribution in [0.5, 0.6) is 0 Å². The lowest BCUT2D eigenvalue weighted by molar-refractivity contribution is -0.134. The highest BCUT2D eigenvalue weighted by Crippen LogP contribution is 2.34. The Kier molecular flexibility index (Phi) is 5.72. The van der Waals surface area contributed by atoms with E-state index in [0.29, 0.717) is 18.7 Å². The third kappa shape index (κ3) is 3.95. The van der Waals surface area contributed by atoms with Crippen molar-refractivity contribution in [2.24, 2.45) is 5.41 Å². The number of likely N-dealkylation sites (tertiary alicyclic amines) is 1. The number of amides is 1. The lowest BCUT2D eigenvalue weighted by atomic mass is 9.77. The molecule has 1 aliphatic rings. The smallest absolute Gasteiger partial charge is 0.223 e. The summed E-state index contributed by atoms with van der Waals surface area (Å²) >= 11 is 0. The summed E-state index contributed by atoms with van der Waals surface area (Å²) in [5.74, 6) is 0.0659. The zero-order valence-electron chi connectivity index (χ0n) is 13.3. The molecular weight excluding hydrogens is 278 g/mol. The van der Waals surface area contributed by atoms with Crippen molar-refractivity contribution in [3.8, 4) is 0 Å². The van der Waals surface area contributed by atoms with E-state index in [1.807, 2.05) is 23.1 Å². The predicted molar refractivity (Wildman–Crippen MR) is 85.6 cm³/mol. The molecule has 1 N–H and O–H groups in total. The summed E-state index contributed by atoms with van der Waals surface area (Å²) in [6.45, 7) is 3.66. The summed E-state index contributed by atoms with van der Waals surface area (Å²) < 4.78 is 0. The number of rotatable bonds is 6. The highest BCUT2D eigenvalue weighted by atomic mass is 16.3. The van der Waals surface area contributed by atoms with E-state index < -0.39 is 0 Å². The number of carbonyl (C=O) groups excluding carboxylic acids is 2. The molecule has 1 amide bonds. The minimum atomic E-state index is -0.0172. The molecular formula is C18H25NO3. The monoisotopic (exact) mass is 303 g/mol. The first-order valence-electron chi connectivity index (χ1n) is 8.07. The highest BCUT2D eigenvalue weighted by molar-refractivity contribution is 5.97. The fourth-order valence-electron chi connectivity index (χ4n) is 3.00. The van der Waals surface area contributed by atoms with Gasteiger partial charge in [0.15, 0.2) is 5.78 Å². The molecule has 2 rings (SSSR count). The number of benzene rings is 1. The number of nitrogens with zero attached hydrogens (tertiary/aromatic N) is 1. The third-order valence-electron chi connectivity index (χ3n) is 4.92. The quantitative estimate of drug-likeness (QED) is 0.822. The Labute approximate surface area is 132 Å². The molecule has 120 valence electrons. The summed E-state index contributed by atoms with van der Waals surface area (Å²) in [6.07, 6.45) is 3.17. The molecule has 0 atom stereocenters. The highest BCUT2D eigenvalue weighted by Gasteiger charge is 2.33. The number of Topliss-reactive ketones (excluding diaryl/α,β-unsaturated/α-hetero) is 1. The van der Waals surface area contributed by atoms with Crippen molar-refractivity contribution in [3.05, 3.63) is 35.9 Å². The number of hydrogen-bond donors (Lipinski definition) is 1. The molecule has 0 spiro atoms. The van der Waals surface area contributed by atoms with Gasteiger partial charge in [0, 0.05) is 38.1 Å². The van der Waals surface area contributed by atoms with Gasteiger partial charge in [-0.05, 0) is 24.7 Å². The van der Waals surface area contributed by atoms with Gasteiger partial charge in [0.05, 0.1) is 0 Å². The summed E-state index contributed by atoms with van der Waals surface area (Å²) in [7, 11) is 0. The van der Waals surface area contributed by atoms with Gasteiger partial charge in [-0.25, -0.2) is 0 Å². The van der Waals surface area contributed by atoms with Gasteiger partial charge in [-0.2, -0.15) is 0 Å². The van der Waals surface area contributed by atoms with Crippen LogP contribution in [0, 0.1) is 5.41 Å². The zero-order valence-corrected chi connectivity index (χ0v) is 13.3. The van der Waals surface area contributed by atoms with Crippen molar-refractivity contribution in [3.63, 3.8) is 0 Å². The Hall–Kier alpha value is -1.68. The van der Waals surface area contributed by atoms with Crippen molar-refractivity contribution in [1.82, 2.24) is 4.90 Å². The summed E-state index contributed by atoms with van der Waals surface area (Å²) in [5, 5.41) is 9.52. The Balaban J connectivity index is 1.80. The van der Waals surface area contributed by atoms with Gasteiger partial charge in [0.1, 0.15) is 0 Å². The largest absolute Gasteiger partial charge is 0.396 e. The van der Waals surface area contributed by atoms with Crippen molar-refractivity contribution in [1.29, 1.82) is 0 Å². The minimum absolute atomic E-state index is 0.0172. The van der Waals surface area contributed by atoms with E-state index in [0.717, 1.165) is 19.3 Å². The van der Waals surface area contributed by atoms with Gasteiger partial charge in [0.2, 0.25) is 5.91 Å². The van der Waals surface area contributed by atoms with Gasteiger partial charge in [-0.15, -0.1) is 0 Å². The molecule has 1 aromatic rings. The standard InChI is InChI=1S/C18H25NO3/c1-2-18(14-20)10-12-19(13-11-18)17(22)9-8-16(21)15-6-4-3-5-7-15/h3-7,20H,2,8-14H2,1H3. The topological polar surface area (TPSA) is 57.6 Å². The molecule has 0 aromatic heterocycles. The maximum atomic E-state index is 12.2. The Bertz CT molecular complexity index is 498. The number of aliphatic hydroxyl groups is 1. The molecule has 1 aromatic carbocycles. The van der Waals surface area contributed by atoms with E-state index in [4.69, 9.17) is 0 Å². The lowest BCUT2D eigenvalue weighted by Gasteiger charge is -2.40. The van der Waals surface area contributed by atoms with Gasteiger partial charge in [-0.3, -0.25) is 9.59 Å². The maximum absolute atomic E-state index is 12.2. The average molecular weight is 303 g/mol. The van der Waals surface area contributed by atoms with Gasteiger partial charge in [0.25, 0.3) is 0 Å². The number of ketones is 1. The lowest BCUT2D eigenvalue weighted by Crippen LogP contribution is -2.44. The molecule has 22 heavy (non-hydrogen) atoms. The Morgan fingerprint density at radius 1 is 1.14 bits per heavy atom. The van der Waals surface area contributed by atoms with Crippen LogP contribution >= 0.6 is 0 Å². The van der Waals surface area contributed by atoms with Crippen molar-refractivity contribution >= 4 is 11.7 Å². The Morgan fingerprint density at radius 3 is 2.32 bits per heavy atom. The summed E-state index contributed by atoms with van der Waals surface area (Å²) in [6, 6.07) is 9.10. The average Bonchev–Trinajstić information content (AvgIpc) is 2.60. The van der Waals surface area contributed by atoms with E-state index in [1.165, 1.54) is 0 Å². The van der Waals surface area contributed by atoms with Gasteiger partial charge >= 0.3 is 0 Å². The van der Waals surface area contributed by atoms with Crippen LogP contribution in [0.2, 0.25) is 0 Å². The first-order chi connectivity index (χ1) is 10.6. The first-order valence-corrected chi connectivity index (χ1v) is 8.07. The minimum Gasteiger partial charge on any atom is -0.396 e. The molecule has 4 heteroatoms. The van der Waals surface area contributed by atoms with Crippen LogP contribution in [0.15, 0.2) is 30.3 Å². The van der Waals surface area contributed by atoms with Crippen molar-refractivity contribution < 1.29 is 14.7 Å². The summed E-state index contributed by atoms with van der Waals surface area (Å²) in [4.78, 5) is 26.1. The number of carbonyl (C=O) groups is 2. The molecule has 1 fully saturated rings. The zero-order chi connectivity index (χ0) is 16.0. The van der Waals surface area contributed by atoms with E-state index in [9.17, 15) is 14.7 Å². The molecule has 1 aliphatic heterocycles. The SMILES string of the molecule is CCC1(CO)CCN(C(=O)CCC(=O)c2ccccc2)CC1. The number of aliphatic hydroxyl groups excluding tert-OH is 1. The first kappa shape index (κ1) is 16.7. The van der Waals surface area contributed by atoms with Crippen LogP contribution in [-0.2, 0) is 4.79 Å². The van der Waals surface area contributed by atoms with Crippen LogP contribution in [0.4, 0.5) is 0 Å². The third-order valence-corrected chi connectivity index (χ3v) is 4.92. The maximum Gasteiger partial charge on any atom is 0.223 e. The van der Waals surface area contributed by atoms with Crippen LogP contribution in [-0.4, -0.2) is 41.4 Å². The van der Waals surface area contributed by atoms with Crippen LogP contribution in [0.25, 0.3) is 0 Å². The normalized spacial score (nSPS) is 17.3. The Morgan fingerprint density at radius 2 is 1.77 bits per heavy atom. The molecule has 0 bridgehead atoms. The van der Waals surface area contributed by atoms with E-state index in [-0.39, 0.29) is 36.6 Å². The van der Waals surface area contributed by atoms with Crippen LogP contribution in [0.1, 0.15) is 49.4 Å². The second kappa shape index (κ2) is 7.54. The van der Waals surface area contributed by atoms with Crippen molar-refractivity contribution in [2.45, 2.75) is 39.0 Å². The second-order valence-electron chi connectivity index (χ2n) is 6.18. The van der Waals surface area contributed by atoms with Gasteiger partial charge < -0.3 is 10.0 Å². The second-order valence-corrected chi connectivity index (χ2v) is 6.18. The molecule has 4 nitrogen and oxygen atoms in total. The molecule has 0 unspecified atom stereocenters. The van der Waals surface area contributed by atoms with Crippen LogP contribution in [0.3, 0.4) is 0 Å². The molecule has 0 aliphatic carbocycles. The predicted octanol–water partition coefficient (Wildman–Crippen LogP) is 2.66. The fourth-order valence-corrected chi connectivity index (χ4v) is 3.00. The van der Waals surface area contributed by atoms with Gasteiger partial charge in [-0.1, -0.05) is 37.3 Å². The summed E-state index contributed by atoms with van der Waals surface area (Å²) in [5.41, 5.74) is 0.649. The molecule has 1 heterocycles. The van der Waals surface area contributed by atoms with Crippen molar-refractivity contribution in [2.75, 3.05) is 19.7 Å². The number of piperidine rings is 1. The number of hydrogen-bond acceptors (Lipinski definition) is 3. The van der Waals surface area contributed by atoms with E-state index >= 15 is 0 Å². The van der Waals surface area contributed by atoms with Crippen LogP contribution < -0.4 is 0 Å².